The number of thioether (sulfide) groups is 1. The quantitative estimate of drug-likeness (QED) is 0.932. The van der Waals surface area contributed by atoms with Gasteiger partial charge in [-0.3, -0.25) is 0 Å². The lowest BCUT2D eigenvalue weighted by molar-refractivity contribution is 0.414. The van der Waals surface area contributed by atoms with Crippen molar-refractivity contribution in [2.75, 3.05) is 26.1 Å². The average Bonchev–Trinajstić information content (AvgIpc) is 3.05. The van der Waals surface area contributed by atoms with Gasteiger partial charge >= 0.3 is 0 Å². The Morgan fingerprint density at radius 3 is 2.86 bits per heavy atom. The predicted molar refractivity (Wildman–Crippen MR) is 87.5 cm³/mol. The molecule has 0 aliphatic heterocycles. The highest BCUT2D eigenvalue weighted by molar-refractivity contribution is 8.01. The number of rotatable bonds is 4. The zero-order valence-corrected chi connectivity index (χ0v) is 13.9. The zero-order valence-electron chi connectivity index (χ0n) is 12.2. The van der Waals surface area contributed by atoms with E-state index in [4.69, 9.17) is 10.5 Å². The highest BCUT2D eigenvalue weighted by Gasteiger charge is 2.31. The van der Waals surface area contributed by atoms with Crippen LogP contribution in [0.2, 0.25) is 0 Å². The molecule has 0 saturated heterocycles. The number of aromatic nitrogens is 2. The van der Waals surface area contributed by atoms with Gasteiger partial charge in [0.2, 0.25) is 5.13 Å². The van der Waals surface area contributed by atoms with Gasteiger partial charge in [-0.25, -0.2) is 0 Å². The molecule has 2 N–H and O–H groups in total. The van der Waals surface area contributed by atoms with Crippen molar-refractivity contribution < 1.29 is 4.74 Å². The van der Waals surface area contributed by atoms with E-state index in [2.05, 4.69) is 16.3 Å². The Morgan fingerprint density at radius 1 is 1.38 bits per heavy atom. The molecule has 1 aromatic heterocycles. The van der Waals surface area contributed by atoms with E-state index in [9.17, 15) is 0 Å². The number of nitrogens with two attached hydrogens (primary N) is 1. The lowest BCUT2D eigenvalue weighted by atomic mass is 10.1. The van der Waals surface area contributed by atoms with Gasteiger partial charge in [0.15, 0.2) is 4.34 Å². The summed E-state index contributed by atoms with van der Waals surface area (Å²) in [6, 6.07) is 6.16. The van der Waals surface area contributed by atoms with E-state index in [0.717, 1.165) is 21.6 Å². The number of methoxy groups -OCH3 is 1. The minimum Gasteiger partial charge on any atom is -0.497 e. The molecular weight excluding hydrogens is 304 g/mol. The molecule has 2 aromatic rings. The molecule has 1 heterocycles. The fourth-order valence-corrected chi connectivity index (χ4v) is 4.61. The third-order valence-electron chi connectivity index (χ3n) is 3.56. The molecule has 2 unspecified atom stereocenters. The molecule has 112 valence electrons. The first kappa shape index (κ1) is 14.6. The molecule has 5 nitrogen and oxygen atoms in total. The van der Waals surface area contributed by atoms with E-state index in [1.807, 2.05) is 31.1 Å². The summed E-state index contributed by atoms with van der Waals surface area (Å²) in [4.78, 5) is 1.97. The Bertz CT molecular complexity index is 644. The largest absolute Gasteiger partial charge is 0.497 e. The van der Waals surface area contributed by atoms with E-state index in [1.54, 1.807) is 30.2 Å². The molecule has 1 aliphatic rings. The van der Waals surface area contributed by atoms with Crippen molar-refractivity contribution in [2.45, 2.75) is 22.1 Å². The summed E-state index contributed by atoms with van der Waals surface area (Å²) in [5, 5.41) is 9.63. The fraction of sp³-hybridized carbons (Fsp3) is 0.429. The van der Waals surface area contributed by atoms with E-state index < -0.39 is 0 Å². The number of ether oxygens (including phenoxy) is 1. The maximum atomic E-state index is 6.40. The van der Waals surface area contributed by atoms with Gasteiger partial charge in [0.05, 0.1) is 7.11 Å². The summed E-state index contributed by atoms with van der Waals surface area (Å²) in [7, 11) is 5.62. The van der Waals surface area contributed by atoms with E-state index in [1.165, 1.54) is 11.1 Å². The summed E-state index contributed by atoms with van der Waals surface area (Å²) in [6.07, 6.45) is 0.960. The summed E-state index contributed by atoms with van der Waals surface area (Å²) < 4.78 is 6.25. The molecule has 0 radical (unpaired) electrons. The molecule has 3 rings (SSSR count). The lowest BCUT2D eigenvalue weighted by Crippen LogP contribution is -2.18. The lowest BCUT2D eigenvalue weighted by Gasteiger charge is -2.13. The van der Waals surface area contributed by atoms with Crippen LogP contribution in [-0.4, -0.2) is 36.7 Å². The van der Waals surface area contributed by atoms with Crippen molar-refractivity contribution in [3.05, 3.63) is 29.3 Å². The molecule has 21 heavy (non-hydrogen) atoms. The average molecular weight is 322 g/mol. The molecule has 0 saturated carbocycles. The molecule has 2 atom stereocenters. The summed E-state index contributed by atoms with van der Waals surface area (Å²) >= 11 is 3.32. The number of anilines is 1. The summed E-state index contributed by atoms with van der Waals surface area (Å²) in [6.45, 7) is 0. The Labute approximate surface area is 132 Å². The molecule has 0 fully saturated rings. The second-order valence-electron chi connectivity index (χ2n) is 5.20. The SMILES string of the molecule is COc1ccc2c(c1)C(N)C(Sc1nnc(N(C)C)s1)C2. The van der Waals surface area contributed by atoms with Crippen molar-refractivity contribution in [1.29, 1.82) is 0 Å². The van der Waals surface area contributed by atoms with Crippen LogP contribution in [0, 0.1) is 0 Å². The second-order valence-corrected chi connectivity index (χ2v) is 7.64. The predicted octanol–water partition coefficient (Wildman–Crippen LogP) is 2.33. The normalized spacial score (nSPS) is 20.4. The van der Waals surface area contributed by atoms with Crippen LogP contribution in [0.15, 0.2) is 22.5 Å². The van der Waals surface area contributed by atoms with Crippen LogP contribution in [-0.2, 0) is 6.42 Å². The Hall–Kier alpha value is -1.31. The second kappa shape index (κ2) is 5.82. The minimum absolute atomic E-state index is 0.00630. The van der Waals surface area contributed by atoms with Gasteiger partial charge in [-0.05, 0) is 29.7 Å². The third kappa shape index (κ3) is 2.86. The van der Waals surface area contributed by atoms with Crippen molar-refractivity contribution in [3.63, 3.8) is 0 Å². The van der Waals surface area contributed by atoms with E-state index >= 15 is 0 Å². The summed E-state index contributed by atoms with van der Waals surface area (Å²) in [5.74, 6) is 0.862. The van der Waals surface area contributed by atoms with Gasteiger partial charge < -0.3 is 15.4 Å². The van der Waals surface area contributed by atoms with Gasteiger partial charge in [0.25, 0.3) is 0 Å². The number of hydrogen-bond donors (Lipinski definition) is 1. The topological polar surface area (TPSA) is 64.3 Å². The molecule has 7 heteroatoms. The first-order valence-corrected chi connectivity index (χ1v) is 8.38. The van der Waals surface area contributed by atoms with Gasteiger partial charge in [-0.15, -0.1) is 10.2 Å². The van der Waals surface area contributed by atoms with Crippen molar-refractivity contribution in [1.82, 2.24) is 10.2 Å². The first-order chi connectivity index (χ1) is 10.1. The number of nitrogens with zero attached hydrogens (tertiary/aromatic N) is 3. The zero-order chi connectivity index (χ0) is 15.0. The first-order valence-electron chi connectivity index (χ1n) is 6.68. The van der Waals surface area contributed by atoms with Crippen LogP contribution < -0.4 is 15.4 Å². The van der Waals surface area contributed by atoms with E-state index in [0.29, 0.717) is 5.25 Å². The molecule has 1 aliphatic carbocycles. The van der Waals surface area contributed by atoms with Gasteiger partial charge in [0.1, 0.15) is 5.75 Å². The Balaban J connectivity index is 1.76. The standard InChI is InChI=1S/C14H18N4OS2/c1-18(2)13-16-17-14(21-13)20-11-6-8-4-5-9(19-3)7-10(8)12(11)15/h4-5,7,11-12H,6,15H2,1-3H3. The van der Waals surface area contributed by atoms with Crippen LogP contribution in [0.3, 0.4) is 0 Å². The maximum Gasteiger partial charge on any atom is 0.208 e. The molecular formula is C14H18N4OS2. The van der Waals surface area contributed by atoms with Crippen LogP contribution in [0.5, 0.6) is 5.75 Å². The maximum absolute atomic E-state index is 6.40. The van der Waals surface area contributed by atoms with Crippen molar-refractivity contribution in [3.8, 4) is 5.75 Å². The Morgan fingerprint density at radius 2 is 2.19 bits per heavy atom. The molecule has 0 amide bonds. The number of benzene rings is 1. The fourth-order valence-electron chi connectivity index (χ4n) is 2.42. The smallest absolute Gasteiger partial charge is 0.208 e. The van der Waals surface area contributed by atoms with Gasteiger partial charge in [-0.2, -0.15) is 0 Å². The van der Waals surface area contributed by atoms with Crippen LogP contribution in [0.1, 0.15) is 17.2 Å². The monoisotopic (exact) mass is 322 g/mol. The van der Waals surface area contributed by atoms with Crippen LogP contribution in [0.4, 0.5) is 5.13 Å². The summed E-state index contributed by atoms with van der Waals surface area (Å²) in [5.41, 5.74) is 8.89. The molecule has 1 aromatic carbocycles. The number of hydrogen-bond acceptors (Lipinski definition) is 7. The third-order valence-corrected chi connectivity index (χ3v) is 6.03. The van der Waals surface area contributed by atoms with Gasteiger partial charge in [0, 0.05) is 25.4 Å². The van der Waals surface area contributed by atoms with Gasteiger partial charge in [-0.1, -0.05) is 29.2 Å². The highest BCUT2D eigenvalue weighted by atomic mass is 32.2. The highest BCUT2D eigenvalue weighted by Crippen LogP contribution is 2.42. The number of fused-ring (bicyclic) bond motifs is 1. The van der Waals surface area contributed by atoms with Crippen LogP contribution >= 0.6 is 23.1 Å². The minimum atomic E-state index is 0.00630. The van der Waals surface area contributed by atoms with Crippen molar-refractivity contribution in [2.24, 2.45) is 5.73 Å². The Kier molecular flexibility index (Phi) is 4.05. The van der Waals surface area contributed by atoms with Crippen LogP contribution in [0.25, 0.3) is 0 Å². The van der Waals surface area contributed by atoms with Crippen molar-refractivity contribution >= 4 is 28.2 Å². The molecule has 0 spiro atoms. The van der Waals surface area contributed by atoms with E-state index in [-0.39, 0.29) is 6.04 Å². The molecule has 0 bridgehead atoms.